The van der Waals surface area contributed by atoms with Crippen molar-refractivity contribution in [1.82, 2.24) is 4.90 Å². The van der Waals surface area contributed by atoms with Crippen LogP contribution < -0.4 is 23.2 Å². The number of benzene rings is 2. The number of hydrogen-bond donors (Lipinski definition) is 0. The van der Waals surface area contributed by atoms with Crippen molar-refractivity contribution >= 4 is 44.9 Å². The number of carbonyl (C=O) groups excluding carboxylic acids is 1. The first-order valence-electron chi connectivity index (χ1n) is 15.5. The van der Waals surface area contributed by atoms with Gasteiger partial charge >= 0.3 is 5.97 Å². The van der Waals surface area contributed by atoms with Crippen LogP contribution in [0.25, 0.3) is 0 Å². The van der Waals surface area contributed by atoms with Crippen LogP contribution in [0.5, 0.6) is 17.2 Å². The minimum atomic E-state index is -3.70. The zero-order chi connectivity index (χ0) is 34.4. The Bertz CT molecular complexity index is 1690. The maximum absolute atomic E-state index is 13.8. The van der Waals surface area contributed by atoms with Gasteiger partial charge in [-0.2, -0.15) is 4.73 Å². The molecule has 0 bridgehead atoms. The van der Waals surface area contributed by atoms with Crippen LogP contribution in [0.4, 0.5) is 5.69 Å². The molecule has 1 atom stereocenters. The van der Waals surface area contributed by atoms with E-state index in [1.165, 1.54) is 43.1 Å². The van der Waals surface area contributed by atoms with Crippen molar-refractivity contribution in [3.63, 3.8) is 0 Å². The first-order valence-corrected chi connectivity index (χ1v) is 18.1. The largest absolute Gasteiger partial charge is 0.619 e. The van der Waals surface area contributed by atoms with Gasteiger partial charge in [-0.1, -0.05) is 29.3 Å². The summed E-state index contributed by atoms with van der Waals surface area (Å²) in [5.41, 5.74) is 1.46. The Morgan fingerprint density at radius 1 is 1.04 bits per heavy atom. The smallest absolute Gasteiger partial charge is 0.338 e. The molecule has 5 rings (SSSR count). The minimum Gasteiger partial charge on any atom is -0.619 e. The summed E-state index contributed by atoms with van der Waals surface area (Å²) in [5, 5.41) is 12.1. The summed E-state index contributed by atoms with van der Waals surface area (Å²) in [5.74, 6) is 0.832. The molecule has 0 N–H and O–H groups in total. The average molecular weight is 725 g/mol. The number of aromatic nitrogens is 1. The second-order valence-electron chi connectivity index (χ2n) is 11.7. The Balaban J connectivity index is 1.46. The summed E-state index contributed by atoms with van der Waals surface area (Å²) in [6, 6.07) is 9.70. The Hall–Kier alpha value is -3.49. The van der Waals surface area contributed by atoms with E-state index < -0.39 is 22.1 Å². The normalized spacial score (nSPS) is 15.9. The quantitative estimate of drug-likeness (QED) is 0.124. The van der Waals surface area contributed by atoms with Crippen molar-refractivity contribution in [3.8, 4) is 17.2 Å². The fraction of sp³-hybridized carbons (Fsp3) is 0.455. The summed E-state index contributed by atoms with van der Waals surface area (Å²) in [6.45, 7) is 3.72. The predicted molar refractivity (Wildman–Crippen MR) is 181 cm³/mol. The van der Waals surface area contributed by atoms with Gasteiger partial charge in [0.1, 0.15) is 21.9 Å². The zero-order valence-electron chi connectivity index (χ0n) is 27.0. The zero-order valence-corrected chi connectivity index (χ0v) is 29.4. The average Bonchev–Trinajstić information content (AvgIpc) is 3.89. The Morgan fingerprint density at radius 2 is 1.73 bits per heavy atom. The van der Waals surface area contributed by atoms with Gasteiger partial charge in [-0.15, -0.1) is 0 Å². The monoisotopic (exact) mass is 723 g/mol. The number of sulfonamides is 1. The van der Waals surface area contributed by atoms with E-state index in [9.17, 15) is 18.4 Å². The number of anilines is 1. The molecular formula is C33H39Cl2N3O9S. The molecule has 2 aliphatic rings. The first kappa shape index (κ1) is 35.8. The summed E-state index contributed by atoms with van der Waals surface area (Å²) in [7, 11) is -0.700. The van der Waals surface area contributed by atoms with Crippen LogP contribution in [0.1, 0.15) is 40.4 Å². The highest BCUT2D eigenvalue weighted by molar-refractivity contribution is 7.92. The molecule has 1 saturated carbocycles. The molecule has 1 aliphatic carbocycles. The number of halogens is 2. The van der Waals surface area contributed by atoms with Gasteiger partial charge in [0.2, 0.25) is 10.0 Å². The van der Waals surface area contributed by atoms with Crippen LogP contribution in [-0.4, -0.2) is 85.8 Å². The van der Waals surface area contributed by atoms with Crippen molar-refractivity contribution in [2.45, 2.75) is 25.4 Å². The van der Waals surface area contributed by atoms with Crippen molar-refractivity contribution in [1.29, 1.82) is 0 Å². The minimum absolute atomic E-state index is 0.0340. The Labute approximate surface area is 290 Å². The molecule has 0 amide bonds. The van der Waals surface area contributed by atoms with E-state index in [0.29, 0.717) is 78.4 Å². The van der Waals surface area contributed by atoms with E-state index >= 15 is 0 Å². The highest BCUT2D eigenvalue weighted by Gasteiger charge is 2.29. The Morgan fingerprint density at radius 3 is 2.35 bits per heavy atom. The lowest BCUT2D eigenvalue weighted by molar-refractivity contribution is -0.605. The van der Waals surface area contributed by atoms with Crippen molar-refractivity contribution in [3.05, 3.63) is 80.7 Å². The van der Waals surface area contributed by atoms with Crippen LogP contribution in [0.15, 0.2) is 48.8 Å². The lowest BCUT2D eigenvalue weighted by Crippen LogP contribution is -2.43. The summed E-state index contributed by atoms with van der Waals surface area (Å²) in [4.78, 5) is 16.0. The van der Waals surface area contributed by atoms with Crippen LogP contribution in [0.2, 0.25) is 10.0 Å². The second-order valence-corrected chi connectivity index (χ2v) is 14.5. The summed E-state index contributed by atoms with van der Waals surface area (Å²) in [6.07, 6.45) is 4.65. The molecule has 1 aromatic heterocycles. The van der Waals surface area contributed by atoms with E-state index in [2.05, 4.69) is 4.90 Å². The van der Waals surface area contributed by atoms with Gasteiger partial charge in [0, 0.05) is 38.2 Å². The van der Waals surface area contributed by atoms with Crippen LogP contribution in [0, 0.1) is 11.1 Å². The molecule has 260 valence electrons. The van der Waals surface area contributed by atoms with Crippen LogP contribution in [-0.2, 0) is 25.9 Å². The third-order valence-corrected chi connectivity index (χ3v) is 10.1. The number of hydrogen-bond acceptors (Lipinski definition) is 10. The molecule has 0 radical (unpaired) electrons. The molecule has 15 heteroatoms. The van der Waals surface area contributed by atoms with E-state index in [1.54, 1.807) is 24.3 Å². The second kappa shape index (κ2) is 15.8. The first-order chi connectivity index (χ1) is 23.0. The number of carbonyl (C=O) groups is 1. The molecule has 2 heterocycles. The molecule has 1 aliphatic heterocycles. The van der Waals surface area contributed by atoms with Crippen LogP contribution in [0.3, 0.4) is 0 Å². The van der Waals surface area contributed by atoms with Gasteiger partial charge in [-0.3, -0.25) is 9.21 Å². The molecule has 2 aromatic carbocycles. The van der Waals surface area contributed by atoms with E-state index in [-0.39, 0.29) is 34.3 Å². The van der Waals surface area contributed by atoms with Crippen molar-refractivity contribution in [2.24, 2.45) is 5.92 Å². The SMILES string of the molecule is COc1ccc(C(Cc2c(Cl)c[n+]([O-])cc2Cl)OC(=O)c2ccc(N(CCN3CCOCC3)S(C)(=O)=O)c(OCC3CC3)c2)cc1OC. The Kier molecular flexibility index (Phi) is 11.8. The van der Waals surface area contributed by atoms with Gasteiger partial charge in [0.25, 0.3) is 0 Å². The van der Waals surface area contributed by atoms with Gasteiger partial charge < -0.3 is 28.9 Å². The molecule has 1 saturated heterocycles. The number of esters is 1. The molecule has 1 unspecified atom stereocenters. The van der Waals surface area contributed by atoms with Crippen molar-refractivity contribution in [2.75, 3.05) is 70.8 Å². The van der Waals surface area contributed by atoms with Gasteiger partial charge in [0.05, 0.1) is 51.5 Å². The van der Waals surface area contributed by atoms with E-state index in [0.717, 1.165) is 19.1 Å². The number of rotatable bonds is 15. The molecule has 48 heavy (non-hydrogen) atoms. The van der Waals surface area contributed by atoms with Gasteiger partial charge in [-0.05, 0) is 54.7 Å². The van der Waals surface area contributed by atoms with E-state index in [4.69, 9.17) is 46.9 Å². The topological polar surface area (TPSA) is 131 Å². The van der Waals surface area contributed by atoms with E-state index in [1.807, 2.05) is 0 Å². The molecule has 0 spiro atoms. The fourth-order valence-corrected chi connectivity index (χ4v) is 6.89. The number of nitrogens with zero attached hydrogens (tertiary/aromatic N) is 3. The third kappa shape index (κ3) is 9.14. The number of morpholine rings is 1. The number of ether oxygens (including phenoxy) is 5. The third-order valence-electron chi connectivity index (χ3n) is 8.23. The van der Waals surface area contributed by atoms with Crippen LogP contribution >= 0.6 is 23.2 Å². The summed E-state index contributed by atoms with van der Waals surface area (Å²) >= 11 is 12.8. The lowest BCUT2D eigenvalue weighted by atomic mass is 10.0. The van der Waals surface area contributed by atoms with Crippen molar-refractivity contribution < 1.29 is 41.6 Å². The molecular weight excluding hydrogens is 685 g/mol. The maximum atomic E-state index is 13.8. The molecule has 12 nitrogen and oxygen atoms in total. The lowest BCUT2D eigenvalue weighted by Gasteiger charge is -2.30. The molecule has 2 fully saturated rings. The number of methoxy groups -OCH3 is 2. The summed E-state index contributed by atoms with van der Waals surface area (Å²) < 4.78 is 56.4. The molecule has 3 aromatic rings. The maximum Gasteiger partial charge on any atom is 0.338 e. The highest BCUT2D eigenvalue weighted by Crippen LogP contribution is 2.38. The fourth-order valence-electron chi connectivity index (χ4n) is 5.37. The highest BCUT2D eigenvalue weighted by atomic mass is 35.5. The van der Waals surface area contributed by atoms with Gasteiger partial charge in [-0.25, -0.2) is 13.2 Å². The van der Waals surface area contributed by atoms with Gasteiger partial charge in [0.15, 0.2) is 23.9 Å². The standard InChI is InChI=1S/C33H39Cl2N3O9S/c1-43-29-9-7-23(16-32(29)44-2)30(18-25-26(34)19-37(40)20-27(25)35)47-33(39)24-6-8-28(31(17-24)46-21-22-4-5-22)38(48(3,41)42)11-10-36-12-14-45-15-13-36/h6-9,16-17,19-20,22,30H,4-5,10-15,18,21H2,1-3H3. The predicted octanol–water partition coefficient (Wildman–Crippen LogP) is 4.67. The number of pyridine rings is 1.